The fourth-order valence-electron chi connectivity index (χ4n) is 1.91. The summed E-state index contributed by atoms with van der Waals surface area (Å²) in [6.45, 7) is 3.04. The first kappa shape index (κ1) is 11.8. The van der Waals surface area contributed by atoms with Gasteiger partial charge < -0.3 is 10.3 Å². The van der Waals surface area contributed by atoms with Gasteiger partial charge in [-0.1, -0.05) is 6.07 Å². The van der Waals surface area contributed by atoms with Gasteiger partial charge in [0.2, 0.25) is 0 Å². The summed E-state index contributed by atoms with van der Waals surface area (Å²) >= 11 is 0. The van der Waals surface area contributed by atoms with Gasteiger partial charge in [0.1, 0.15) is 5.82 Å². The molecule has 17 heavy (non-hydrogen) atoms. The van der Waals surface area contributed by atoms with Crippen LogP contribution in [0, 0.1) is 0 Å². The number of hydrogen-bond acceptors (Lipinski definition) is 3. The van der Waals surface area contributed by atoms with Crippen molar-refractivity contribution in [2.45, 2.75) is 32.4 Å². The molecule has 2 aromatic heterocycles. The lowest BCUT2D eigenvalue weighted by molar-refractivity contribution is 0.597. The van der Waals surface area contributed by atoms with Crippen molar-refractivity contribution >= 4 is 0 Å². The molecule has 0 fully saturated rings. The van der Waals surface area contributed by atoms with Crippen LogP contribution in [0.15, 0.2) is 36.8 Å². The average molecular weight is 230 g/mol. The first-order valence-corrected chi connectivity index (χ1v) is 5.95. The molecule has 2 N–H and O–H groups in total. The molecule has 2 rings (SSSR count). The highest BCUT2D eigenvalue weighted by atomic mass is 15.1. The highest BCUT2D eigenvalue weighted by Crippen LogP contribution is 2.05. The maximum absolute atomic E-state index is 6.13. The van der Waals surface area contributed by atoms with Gasteiger partial charge in [-0.05, 0) is 19.1 Å². The number of aromatic nitrogens is 3. The monoisotopic (exact) mass is 230 g/mol. The predicted octanol–water partition coefficient (Wildman–Crippen LogP) is 1.41. The van der Waals surface area contributed by atoms with Crippen LogP contribution in [0.4, 0.5) is 0 Å². The molecule has 0 amide bonds. The summed E-state index contributed by atoms with van der Waals surface area (Å²) in [4.78, 5) is 8.61. The number of pyridine rings is 1. The van der Waals surface area contributed by atoms with Crippen LogP contribution in [0.25, 0.3) is 0 Å². The number of hydrogen-bond donors (Lipinski definition) is 1. The fourth-order valence-corrected chi connectivity index (χ4v) is 1.91. The SMILES string of the molecule is CCn1ccnc1CC(N)Cc1ccccn1. The number of aryl methyl sites for hydroxylation is 1. The molecule has 2 heterocycles. The van der Waals surface area contributed by atoms with Crippen molar-refractivity contribution in [2.24, 2.45) is 5.73 Å². The van der Waals surface area contributed by atoms with Crippen molar-refractivity contribution in [3.8, 4) is 0 Å². The van der Waals surface area contributed by atoms with E-state index in [9.17, 15) is 0 Å². The summed E-state index contributed by atoms with van der Waals surface area (Å²) in [6, 6.07) is 5.98. The molecule has 0 spiro atoms. The third-order valence-electron chi connectivity index (χ3n) is 2.78. The van der Waals surface area contributed by atoms with Crippen LogP contribution in [0.1, 0.15) is 18.4 Å². The molecule has 0 bridgehead atoms. The third kappa shape index (κ3) is 3.14. The van der Waals surface area contributed by atoms with Crippen LogP contribution in [0.2, 0.25) is 0 Å². The Morgan fingerprint density at radius 2 is 2.12 bits per heavy atom. The molecule has 4 nitrogen and oxygen atoms in total. The molecule has 1 atom stereocenters. The van der Waals surface area contributed by atoms with Crippen molar-refractivity contribution in [1.29, 1.82) is 0 Å². The summed E-state index contributed by atoms with van der Waals surface area (Å²) in [7, 11) is 0. The summed E-state index contributed by atoms with van der Waals surface area (Å²) < 4.78 is 2.12. The van der Waals surface area contributed by atoms with E-state index in [1.54, 1.807) is 6.20 Å². The number of imidazole rings is 1. The van der Waals surface area contributed by atoms with Crippen molar-refractivity contribution in [3.63, 3.8) is 0 Å². The molecule has 90 valence electrons. The topological polar surface area (TPSA) is 56.7 Å². The van der Waals surface area contributed by atoms with Gasteiger partial charge >= 0.3 is 0 Å². The lowest BCUT2D eigenvalue weighted by Crippen LogP contribution is -2.27. The van der Waals surface area contributed by atoms with Gasteiger partial charge in [-0.25, -0.2) is 4.98 Å². The quantitative estimate of drug-likeness (QED) is 0.845. The molecule has 0 aliphatic heterocycles. The predicted molar refractivity (Wildman–Crippen MR) is 67.5 cm³/mol. The number of nitrogens with zero attached hydrogens (tertiary/aromatic N) is 3. The molecule has 0 saturated heterocycles. The maximum atomic E-state index is 6.13. The Bertz CT molecular complexity index is 449. The second kappa shape index (κ2) is 5.59. The van der Waals surface area contributed by atoms with E-state index in [4.69, 9.17) is 5.73 Å². The zero-order valence-electron chi connectivity index (χ0n) is 10.1. The Morgan fingerprint density at radius 1 is 1.24 bits per heavy atom. The Labute approximate surface area is 102 Å². The molecule has 1 unspecified atom stereocenters. The zero-order valence-corrected chi connectivity index (χ0v) is 10.1. The Balaban J connectivity index is 1.96. The van der Waals surface area contributed by atoms with Crippen molar-refractivity contribution in [2.75, 3.05) is 0 Å². The molecule has 2 aromatic rings. The average Bonchev–Trinajstić information content (AvgIpc) is 2.77. The highest BCUT2D eigenvalue weighted by Gasteiger charge is 2.09. The van der Waals surface area contributed by atoms with Crippen LogP contribution in [-0.2, 0) is 19.4 Å². The van der Waals surface area contributed by atoms with E-state index in [-0.39, 0.29) is 6.04 Å². The van der Waals surface area contributed by atoms with Gasteiger partial charge in [-0.3, -0.25) is 4.98 Å². The van der Waals surface area contributed by atoms with Gasteiger partial charge in [0, 0.05) is 49.7 Å². The molecule has 0 saturated carbocycles. The molecule has 0 aliphatic carbocycles. The lowest BCUT2D eigenvalue weighted by Gasteiger charge is -2.11. The minimum atomic E-state index is 0.0672. The first-order valence-electron chi connectivity index (χ1n) is 5.95. The first-order chi connectivity index (χ1) is 8.29. The minimum absolute atomic E-state index is 0.0672. The minimum Gasteiger partial charge on any atom is -0.335 e. The molecule has 0 aromatic carbocycles. The number of nitrogens with two attached hydrogens (primary N) is 1. The van der Waals surface area contributed by atoms with Crippen LogP contribution >= 0.6 is 0 Å². The van der Waals surface area contributed by atoms with Gasteiger partial charge in [0.15, 0.2) is 0 Å². The Kier molecular flexibility index (Phi) is 3.88. The van der Waals surface area contributed by atoms with E-state index in [0.29, 0.717) is 0 Å². The Hall–Kier alpha value is -1.68. The van der Waals surface area contributed by atoms with Gasteiger partial charge in [-0.15, -0.1) is 0 Å². The van der Waals surface area contributed by atoms with E-state index < -0.39 is 0 Å². The molecule has 0 radical (unpaired) electrons. The fraction of sp³-hybridized carbons (Fsp3) is 0.385. The summed E-state index contributed by atoms with van der Waals surface area (Å²) in [5.41, 5.74) is 7.16. The molecular formula is C13H18N4. The normalized spacial score (nSPS) is 12.6. The van der Waals surface area contributed by atoms with E-state index in [1.807, 2.05) is 30.6 Å². The summed E-state index contributed by atoms with van der Waals surface area (Å²) in [5, 5.41) is 0. The van der Waals surface area contributed by atoms with Crippen molar-refractivity contribution in [3.05, 3.63) is 48.3 Å². The smallest absolute Gasteiger partial charge is 0.110 e. The van der Waals surface area contributed by atoms with Crippen molar-refractivity contribution < 1.29 is 0 Å². The van der Waals surface area contributed by atoms with E-state index in [0.717, 1.165) is 30.9 Å². The van der Waals surface area contributed by atoms with Gasteiger partial charge in [0.05, 0.1) is 0 Å². The van der Waals surface area contributed by atoms with E-state index in [1.165, 1.54) is 0 Å². The van der Waals surface area contributed by atoms with Gasteiger partial charge in [-0.2, -0.15) is 0 Å². The maximum Gasteiger partial charge on any atom is 0.110 e. The van der Waals surface area contributed by atoms with Crippen LogP contribution in [-0.4, -0.2) is 20.6 Å². The molecule has 0 aliphatic rings. The second-order valence-electron chi connectivity index (χ2n) is 4.12. The highest BCUT2D eigenvalue weighted by molar-refractivity contribution is 5.06. The number of rotatable bonds is 5. The van der Waals surface area contributed by atoms with E-state index in [2.05, 4.69) is 21.5 Å². The standard InChI is InChI=1S/C13H18N4/c1-2-17-8-7-16-13(17)10-11(14)9-12-5-3-4-6-15-12/h3-8,11H,2,9-10,14H2,1H3. The lowest BCUT2D eigenvalue weighted by atomic mass is 10.1. The second-order valence-corrected chi connectivity index (χ2v) is 4.12. The van der Waals surface area contributed by atoms with E-state index >= 15 is 0 Å². The van der Waals surface area contributed by atoms with Crippen molar-refractivity contribution in [1.82, 2.24) is 14.5 Å². The largest absolute Gasteiger partial charge is 0.335 e. The van der Waals surface area contributed by atoms with Crippen LogP contribution in [0.3, 0.4) is 0 Å². The summed E-state index contributed by atoms with van der Waals surface area (Å²) in [5.74, 6) is 1.05. The van der Waals surface area contributed by atoms with Crippen LogP contribution < -0.4 is 5.73 Å². The Morgan fingerprint density at radius 3 is 2.82 bits per heavy atom. The van der Waals surface area contributed by atoms with Crippen LogP contribution in [0.5, 0.6) is 0 Å². The summed E-state index contributed by atoms with van der Waals surface area (Å²) in [6.07, 6.45) is 7.19. The molecule has 4 heteroatoms. The molecular weight excluding hydrogens is 212 g/mol. The third-order valence-corrected chi connectivity index (χ3v) is 2.78. The van der Waals surface area contributed by atoms with Gasteiger partial charge in [0.25, 0.3) is 0 Å². The zero-order chi connectivity index (χ0) is 12.1.